The first-order valence-corrected chi connectivity index (χ1v) is 7.87. The fraction of sp³-hybridized carbons (Fsp3) is 0.294. The second-order valence-corrected chi connectivity index (χ2v) is 6.30. The lowest BCUT2D eigenvalue weighted by Crippen LogP contribution is -1.97. The molecule has 0 saturated heterocycles. The number of thiophene rings is 1. The summed E-state index contributed by atoms with van der Waals surface area (Å²) in [5, 5.41) is 9.43. The highest BCUT2D eigenvalue weighted by atomic mass is 35.5. The number of hydrogen-bond acceptors (Lipinski definition) is 3. The van der Waals surface area contributed by atoms with Crippen LogP contribution < -0.4 is 4.74 Å². The molecule has 2 aromatic rings. The van der Waals surface area contributed by atoms with Crippen LogP contribution in [0.1, 0.15) is 27.3 Å². The Morgan fingerprint density at radius 1 is 1.24 bits per heavy atom. The summed E-state index contributed by atoms with van der Waals surface area (Å²) in [4.78, 5) is 2.11. The van der Waals surface area contributed by atoms with E-state index in [1.54, 1.807) is 11.3 Å². The number of aliphatic hydroxyl groups excluding tert-OH is 1. The molecule has 0 aliphatic heterocycles. The van der Waals surface area contributed by atoms with Crippen LogP contribution >= 0.6 is 22.9 Å². The molecule has 0 spiro atoms. The summed E-state index contributed by atoms with van der Waals surface area (Å²) < 4.78 is 5.91. The van der Waals surface area contributed by atoms with Crippen molar-refractivity contribution in [2.24, 2.45) is 0 Å². The molecule has 0 saturated carbocycles. The fourth-order valence-electron chi connectivity index (χ4n) is 2.00. The molecule has 2 nitrogen and oxygen atoms in total. The molecule has 21 heavy (non-hydrogen) atoms. The minimum Gasteiger partial charge on any atom is -0.488 e. The van der Waals surface area contributed by atoms with E-state index < -0.39 is 0 Å². The maximum absolute atomic E-state index is 8.70. The van der Waals surface area contributed by atoms with Crippen molar-refractivity contribution in [3.8, 4) is 17.6 Å². The number of halogens is 1. The number of aliphatic hydroxyl groups is 1. The van der Waals surface area contributed by atoms with Crippen LogP contribution in [0.2, 0.25) is 5.02 Å². The van der Waals surface area contributed by atoms with Gasteiger partial charge in [-0.1, -0.05) is 23.4 Å². The topological polar surface area (TPSA) is 29.5 Å². The second kappa shape index (κ2) is 7.51. The zero-order chi connectivity index (χ0) is 15.2. The van der Waals surface area contributed by atoms with Crippen LogP contribution in [0.5, 0.6) is 5.75 Å². The van der Waals surface area contributed by atoms with E-state index in [1.807, 2.05) is 38.1 Å². The molecule has 110 valence electrons. The maximum atomic E-state index is 8.70. The van der Waals surface area contributed by atoms with E-state index >= 15 is 0 Å². The maximum Gasteiger partial charge on any atom is 0.125 e. The molecular formula is C17H17ClO2S. The van der Waals surface area contributed by atoms with Gasteiger partial charge in [-0.25, -0.2) is 0 Å². The van der Waals surface area contributed by atoms with Gasteiger partial charge in [0.05, 0.1) is 11.5 Å². The quantitative estimate of drug-likeness (QED) is 0.850. The van der Waals surface area contributed by atoms with Crippen LogP contribution in [0, 0.1) is 25.7 Å². The minimum absolute atomic E-state index is 0.101. The molecule has 0 fully saturated rings. The van der Waals surface area contributed by atoms with E-state index in [-0.39, 0.29) is 6.61 Å². The molecule has 1 heterocycles. The van der Waals surface area contributed by atoms with Crippen molar-refractivity contribution in [2.45, 2.75) is 26.9 Å². The van der Waals surface area contributed by atoms with Gasteiger partial charge in [0.1, 0.15) is 12.4 Å². The van der Waals surface area contributed by atoms with Gasteiger partial charge in [0.2, 0.25) is 0 Å². The Labute approximate surface area is 134 Å². The zero-order valence-electron chi connectivity index (χ0n) is 12.1. The first-order valence-electron chi connectivity index (χ1n) is 6.68. The number of rotatable bonds is 4. The molecule has 2 rings (SSSR count). The Morgan fingerprint density at radius 2 is 1.95 bits per heavy atom. The summed E-state index contributed by atoms with van der Waals surface area (Å²) in [7, 11) is 0. The molecule has 1 N–H and O–H groups in total. The van der Waals surface area contributed by atoms with Gasteiger partial charge in [-0.15, -0.1) is 11.3 Å². The molecule has 1 aromatic carbocycles. The number of hydrogen-bond donors (Lipinski definition) is 1. The Hall–Kier alpha value is -1.47. The standard InChI is InChI=1S/C17H17ClO2S/c1-12-9-14(18)10-13(2)17(12)20-11-16-7-6-15(21-16)5-3-4-8-19/h6-7,9-10,19H,4,8,11H2,1-2H3. The summed E-state index contributed by atoms with van der Waals surface area (Å²) in [6.45, 7) is 4.61. The molecule has 0 aliphatic carbocycles. The summed E-state index contributed by atoms with van der Waals surface area (Å²) in [5.41, 5.74) is 2.08. The normalized spacial score (nSPS) is 10.1. The number of aryl methyl sites for hydroxylation is 2. The van der Waals surface area contributed by atoms with Crippen molar-refractivity contribution < 1.29 is 9.84 Å². The Morgan fingerprint density at radius 3 is 2.62 bits per heavy atom. The van der Waals surface area contributed by atoms with E-state index in [0.29, 0.717) is 13.0 Å². The van der Waals surface area contributed by atoms with Crippen LogP contribution in [-0.2, 0) is 6.61 Å². The van der Waals surface area contributed by atoms with Gasteiger partial charge < -0.3 is 9.84 Å². The predicted molar refractivity (Wildman–Crippen MR) is 88.2 cm³/mol. The third-order valence-electron chi connectivity index (χ3n) is 2.89. The first kappa shape index (κ1) is 15.9. The van der Waals surface area contributed by atoms with Crippen LogP contribution in [-0.4, -0.2) is 11.7 Å². The monoisotopic (exact) mass is 320 g/mol. The van der Waals surface area contributed by atoms with E-state index in [9.17, 15) is 0 Å². The lowest BCUT2D eigenvalue weighted by atomic mass is 10.1. The molecule has 0 bridgehead atoms. The largest absolute Gasteiger partial charge is 0.488 e. The average Bonchev–Trinajstić information content (AvgIpc) is 2.86. The summed E-state index contributed by atoms with van der Waals surface area (Å²) in [6, 6.07) is 7.82. The summed E-state index contributed by atoms with van der Waals surface area (Å²) in [6.07, 6.45) is 0.507. The first-order chi connectivity index (χ1) is 10.1. The van der Waals surface area contributed by atoms with E-state index in [4.69, 9.17) is 21.4 Å². The van der Waals surface area contributed by atoms with Crippen molar-refractivity contribution in [1.29, 1.82) is 0 Å². The van der Waals surface area contributed by atoms with Crippen LogP contribution in [0.15, 0.2) is 24.3 Å². The van der Waals surface area contributed by atoms with E-state index in [1.165, 1.54) is 0 Å². The summed E-state index contributed by atoms with van der Waals surface area (Å²) >= 11 is 7.63. The van der Waals surface area contributed by atoms with E-state index in [2.05, 4.69) is 11.8 Å². The summed E-state index contributed by atoms with van der Waals surface area (Å²) in [5.74, 6) is 6.84. The van der Waals surface area contributed by atoms with Crippen LogP contribution in [0.3, 0.4) is 0 Å². The minimum atomic E-state index is 0.101. The molecule has 0 unspecified atom stereocenters. The average molecular weight is 321 g/mol. The SMILES string of the molecule is Cc1cc(Cl)cc(C)c1OCc1ccc(C#CCCO)s1. The van der Waals surface area contributed by atoms with Gasteiger partial charge in [-0.3, -0.25) is 0 Å². The molecule has 4 heteroatoms. The van der Waals surface area contributed by atoms with E-state index in [0.717, 1.165) is 31.7 Å². The van der Waals surface area contributed by atoms with Gasteiger partial charge in [-0.05, 0) is 49.2 Å². The molecule has 0 amide bonds. The Balaban J connectivity index is 2.03. The second-order valence-electron chi connectivity index (χ2n) is 4.70. The Bertz CT molecular complexity index is 657. The highest BCUT2D eigenvalue weighted by molar-refractivity contribution is 7.12. The van der Waals surface area contributed by atoms with Crippen LogP contribution in [0.4, 0.5) is 0 Å². The third kappa shape index (κ3) is 4.50. The smallest absolute Gasteiger partial charge is 0.125 e. The highest BCUT2D eigenvalue weighted by Crippen LogP contribution is 2.28. The van der Waals surface area contributed by atoms with Crippen molar-refractivity contribution in [2.75, 3.05) is 6.61 Å². The molecule has 0 atom stereocenters. The van der Waals surface area contributed by atoms with Crippen molar-refractivity contribution in [3.05, 3.63) is 50.2 Å². The number of ether oxygens (including phenoxy) is 1. The van der Waals surface area contributed by atoms with Gasteiger partial charge >= 0.3 is 0 Å². The van der Waals surface area contributed by atoms with Crippen molar-refractivity contribution >= 4 is 22.9 Å². The third-order valence-corrected chi connectivity index (χ3v) is 4.09. The fourth-order valence-corrected chi connectivity index (χ4v) is 3.12. The highest BCUT2D eigenvalue weighted by Gasteiger charge is 2.07. The predicted octanol–water partition coefficient (Wildman–Crippen LogP) is 4.33. The van der Waals surface area contributed by atoms with Gasteiger partial charge in [-0.2, -0.15) is 0 Å². The number of benzene rings is 1. The molecule has 0 aliphatic rings. The lowest BCUT2D eigenvalue weighted by molar-refractivity contribution is 0.305. The van der Waals surface area contributed by atoms with Crippen LogP contribution in [0.25, 0.3) is 0 Å². The van der Waals surface area contributed by atoms with Crippen molar-refractivity contribution in [3.63, 3.8) is 0 Å². The van der Waals surface area contributed by atoms with Gasteiger partial charge in [0.15, 0.2) is 0 Å². The zero-order valence-corrected chi connectivity index (χ0v) is 13.6. The van der Waals surface area contributed by atoms with Gasteiger partial charge in [0.25, 0.3) is 0 Å². The van der Waals surface area contributed by atoms with Crippen molar-refractivity contribution in [1.82, 2.24) is 0 Å². The molecular weight excluding hydrogens is 304 g/mol. The lowest BCUT2D eigenvalue weighted by Gasteiger charge is -2.11. The molecule has 1 aromatic heterocycles. The Kier molecular flexibility index (Phi) is 5.69. The molecule has 0 radical (unpaired) electrons. The van der Waals surface area contributed by atoms with Gasteiger partial charge in [0, 0.05) is 16.3 Å².